The summed E-state index contributed by atoms with van der Waals surface area (Å²) in [7, 11) is 1.60. The van der Waals surface area contributed by atoms with E-state index in [0.717, 1.165) is 10.1 Å². The van der Waals surface area contributed by atoms with Crippen molar-refractivity contribution in [3.8, 4) is 11.8 Å². The number of aryl methyl sites for hydroxylation is 1. The van der Waals surface area contributed by atoms with E-state index in [0.29, 0.717) is 10.6 Å². The quantitative estimate of drug-likeness (QED) is 0.713. The van der Waals surface area contributed by atoms with Crippen LogP contribution in [0.25, 0.3) is 10.1 Å². The van der Waals surface area contributed by atoms with Crippen LogP contribution >= 0.6 is 11.3 Å². The van der Waals surface area contributed by atoms with E-state index in [1.165, 1.54) is 16.9 Å². The van der Waals surface area contributed by atoms with Gasteiger partial charge in [-0.25, -0.2) is 0 Å². The third-order valence-electron chi connectivity index (χ3n) is 2.17. The molecule has 0 N–H and O–H groups in total. The standard InChI is InChI=1S/C11H9NOS/c1-7-4-3-5-8-10(13-2)9(6-12)14-11(7)8/h3-5H,1-2H3. The first-order valence-corrected chi connectivity index (χ1v) is 5.05. The number of benzene rings is 1. The summed E-state index contributed by atoms with van der Waals surface area (Å²) in [6.45, 7) is 2.04. The summed E-state index contributed by atoms with van der Waals surface area (Å²) in [6.07, 6.45) is 0. The molecular formula is C11H9NOS. The van der Waals surface area contributed by atoms with Crippen LogP contribution in [0.15, 0.2) is 18.2 Å². The fourth-order valence-corrected chi connectivity index (χ4v) is 2.55. The molecule has 2 rings (SSSR count). The monoisotopic (exact) mass is 203 g/mol. The molecule has 0 bridgehead atoms. The van der Waals surface area contributed by atoms with Crippen molar-refractivity contribution in [3.05, 3.63) is 28.6 Å². The zero-order valence-electron chi connectivity index (χ0n) is 8.00. The summed E-state index contributed by atoms with van der Waals surface area (Å²) in [4.78, 5) is 0.650. The Bertz CT molecular complexity index is 522. The molecule has 0 atom stereocenters. The minimum Gasteiger partial charge on any atom is -0.494 e. The highest BCUT2D eigenvalue weighted by atomic mass is 32.1. The van der Waals surface area contributed by atoms with Gasteiger partial charge in [-0.05, 0) is 18.6 Å². The second-order valence-corrected chi connectivity index (χ2v) is 4.05. The third kappa shape index (κ3) is 1.16. The van der Waals surface area contributed by atoms with Crippen molar-refractivity contribution in [2.75, 3.05) is 7.11 Å². The summed E-state index contributed by atoms with van der Waals surface area (Å²) in [5.74, 6) is 0.705. The first-order chi connectivity index (χ1) is 6.77. The second-order valence-electron chi connectivity index (χ2n) is 3.03. The largest absolute Gasteiger partial charge is 0.494 e. The van der Waals surface area contributed by atoms with Crippen molar-refractivity contribution in [1.29, 1.82) is 5.26 Å². The molecule has 0 fully saturated rings. The number of hydrogen-bond donors (Lipinski definition) is 0. The number of nitriles is 1. The maximum absolute atomic E-state index is 8.92. The van der Waals surface area contributed by atoms with Gasteiger partial charge in [-0.15, -0.1) is 11.3 Å². The lowest BCUT2D eigenvalue weighted by molar-refractivity contribution is 0.420. The second kappa shape index (κ2) is 3.32. The van der Waals surface area contributed by atoms with Gasteiger partial charge in [0.15, 0.2) is 5.75 Å². The molecular weight excluding hydrogens is 194 g/mol. The van der Waals surface area contributed by atoms with Crippen molar-refractivity contribution in [2.24, 2.45) is 0 Å². The summed E-state index contributed by atoms with van der Waals surface area (Å²) in [6, 6.07) is 8.16. The molecule has 0 aliphatic rings. The molecule has 1 heterocycles. The van der Waals surface area contributed by atoms with Gasteiger partial charge in [0.25, 0.3) is 0 Å². The number of thiophene rings is 1. The van der Waals surface area contributed by atoms with Gasteiger partial charge < -0.3 is 4.74 Å². The number of methoxy groups -OCH3 is 1. The van der Waals surface area contributed by atoms with E-state index in [1.54, 1.807) is 7.11 Å². The van der Waals surface area contributed by atoms with E-state index in [4.69, 9.17) is 10.00 Å². The van der Waals surface area contributed by atoms with E-state index >= 15 is 0 Å². The lowest BCUT2D eigenvalue weighted by atomic mass is 10.2. The molecule has 1 aromatic heterocycles. The summed E-state index contributed by atoms with van der Waals surface area (Å²) >= 11 is 1.49. The lowest BCUT2D eigenvalue weighted by Gasteiger charge is -1.97. The SMILES string of the molecule is COc1c(C#N)sc2c(C)cccc12. The average molecular weight is 203 g/mol. The minimum atomic E-state index is 0.650. The molecule has 0 unspecified atom stereocenters. The van der Waals surface area contributed by atoms with Gasteiger partial charge in [-0.3, -0.25) is 0 Å². The van der Waals surface area contributed by atoms with Gasteiger partial charge in [0.2, 0.25) is 0 Å². The first-order valence-electron chi connectivity index (χ1n) is 4.24. The number of ether oxygens (including phenoxy) is 1. The lowest BCUT2D eigenvalue weighted by Crippen LogP contribution is -1.82. The Hall–Kier alpha value is -1.53. The average Bonchev–Trinajstić information content (AvgIpc) is 2.57. The predicted molar refractivity (Wildman–Crippen MR) is 57.8 cm³/mol. The van der Waals surface area contributed by atoms with E-state index < -0.39 is 0 Å². The normalized spacial score (nSPS) is 10.1. The van der Waals surface area contributed by atoms with Crippen molar-refractivity contribution < 1.29 is 4.74 Å². The fraction of sp³-hybridized carbons (Fsp3) is 0.182. The molecule has 0 amide bonds. The Balaban J connectivity index is 2.88. The molecule has 3 heteroatoms. The Morgan fingerprint density at radius 2 is 2.21 bits per heavy atom. The van der Waals surface area contributed by atoms with E-state index in [9.17, 15) is 0 Å². The predicted octanol–water partition coefficient (Wildman–Crippen LogP) is 3.09. The maximum atomic E-state index is 8.92. The van der Waals surface area contributed by atoms with Crippen LogP contribution < -0.4 is 4.74 Å². The Morgan fingerprint density at radius 3 is 2.86 bits per heavy atom. The molecule has 2 nitrogen and oxygen atoms in total. The molecule has 0 aliphatic carbocycles. The van der Waals surface area contributed by atoms with Crippen LogP contribution in [0.1, 0.15) is 10.4 Å². The van der Waals surface area contributed by atoms with Crippen LogP contribution in [0.4, 0.5) is 0 Å². The zero-order chi connectivity index (χ0) is 10.1. The number of hydrogen-bond acceptors (Lipinski definition) is 3. The van der Waals surface area contributed by atoms with Crippen LogP contribution in [0.3, 0.4) is 0 Å². The molecule has 70 valence electrons. The Kier molecular flexibility index (Phi) is 2.14. The van der Waals surface area contributed by atoms with E-state index in [1.807, 2.05) is 25.1 Å². The topological polar surface area (TPSA) is 33.0 Å². The van der Waals surface area contributed by atoms with Crippen molar-refractivity contribution in [2.45, 2.75) is 6.92 Å². The fourth-order valence-electron chi connectivity index (χ4n) is 1.51. The molecule has 0 aliphatic heterocycles. The molecule has 0 spiro atoms. The summed E-state index contributed by atoms with van der Waals surface area (Å²) in [5, 5.41) is 9.96. The van der Waals surface area contributed by atoms with Crippen molar-refractivity contribution >= 4 is 21.4 Å². The van der Waals surface area contributed by atoms with Crippen LogP contribution in [-0.4, -0.2) is 7.11 Å². The van der Waals surface area contributed by atoms with Gasteiger partial charge in [0, 0.05) is 10.1 Å². The van der Waals surface area contributed by atoms with Gasteiger partial charge in [0.05, 0.1) is 7.11 Å². The molecule has 14 heavy (non-hydrogen) atoms. The highest BCUT2D eigenvalue weighted by Crippen LogP contribution is 2.38. The van der Waals surface area contributed by atoms with Crippen LogP contribution in [0.5, 0.6) is 5.75 Å². The van der Waals surface area contributed by atoms with Gasteiger partial charge in [-0.1, -0.05) is 12.1 Å². The van der Waals surface area contributed by atoms with Gasteiger partial charge in [0.1, 0.15) is 10.9 Å². The Morgan fingerprint density at radius 1 is 1.43 bits per heavy atom. The van der Waals surface area contributed by atoms with Gasteiger partial charge >= 0.3 is 0 Å². The van der Waals surface area contributed by atoms with Crippen LogP contribution in [-0.2, 0) is 0 Å². The Labute approximate surface area is 86.4 Å². The first kappa shape index (κ1) is 9.04. The number of fused-ring (bicyclic) bond motifs is 1. The molecule has 1 aromatic carbocycles. The minimum absolute atomic E-state index is 0.650. The molecule has 2 aromatic rings. The third-order valence-corrected chi connectivity index (χ3v) is 3.40. The highest BCUT2D eigenvalue weighted by Gasteiger charge is 2.12. The molecule has 0 radical (unpaired) electrons. The van der Waals surface area contributed by atoms with E-state index in [2.05, 4.69) is 6.07 Å². The number of rotatable bonds is 1. The van der Waals surface area contributed by atoms with Crippen molar-refractivity contribution in [1.82, 2.24) is 0 Å². The van der Waals surface area contributed by atoms with E-state index in [-0.39, 0.29) is 0 Å². The number of nitrogens with zero attached hydrogens (tertiary/aromatic N) is 1. The summed E-state index contributed by atoms with van der Waals surface area (Å²) < 4.78 is 6.37. The highest BCUT2D eigenvalue weighted by molar-refractivity contribution is 7.20. The van der Waals surface area contributed by atoms with Crippen LogP contribution in [0.2, 0.25) is 0 Å². The molecule has 0 saturated carbocycles. The summed E-state index contributed by atoms with van der Waals surface area (Å²) in [5.41, 5.74) is 1.19. The van der Waals surface area contributed by atoms with Gasteiger partial charge in [-0.2, -0.15) is 5.26 Å². The molecule has 0 saturated heterocycles. The maximum Gasteiger partial charge on any atom is 0.155 e. The zero-order valence-corrected chi connectivity index (χ0v) is 8.81. The van der Waals surface area contributed by atoms with Crippen molar-refractivity contribution in [3.63, 3.8) is 0 Å². The smallest absolute Gasteiger partial charge is 0.155 e. The van der Waals surface area contributed by atoms with Crippen LogP contribution in [0, 0.1) is 18.3 Å².